The molecule has 7 rings (SSSR count). The largest absolute Gasteiger partial charge is 0.433 e. The Morgan fingerprint density at radius 3 is 2.14 bits per heavy atom. The highest BCUT2D eigenvalue weighted by Gasteiger charge is 2.14. The summed E-state index contributed by atoms with van der Waals surface area (Å²) in [5, 5.41) is 2.43. The van der Waals surface area contributed by atoms with Crippen molar-refractivity contribution in [2.24, 2.45) is 0 Å². The number of hydrogen-bond acceptors (Lipinski definition) is 2. The maximum Gasteiger partial charge on any atom is 0.227 e. The normalized spacial score (nSPS) is 11.6. The van der Waals surface area contributed by atoms with E-state index >= 15 is 0 Å². The Hall–Kier alpha value is -4.70. The summed E-state index contributed by atoms with van der Waals surface area (Å²) in [6.45, 7) is 0. The molecule has 0 N–H and O–H groups in total. The van der Waals surface area contributed by atoms with Crippen LogP contribution in [0.25, 0.3) is 61.2 Å². The topological polar surface area (TPSA) is 31.0 Å². The van der Waals surface area contributed by atoms with Gasteiger partial charge in [0.05, 0.1) is 11.0 Å². The number of oxazole rings is 1. The lowest BCUT2D eigenvalue weighted by Gasteiger charge is -2.08. The third-order valence-corrected chi connectivity index (χ3v) is 6.52. The van der Waals surface area contributed by atoms with Gasteiger partial charge in [-0.2, -0.15) is 0 Å². The summed E-state index contributed by atoms with van der Waals surface area (Å²) in [7, 11) is 0. The van der Waals surface area contributed by atoms with Crippen molar-refractivity contribution in [1.82, 2.24) is 9.55 Å². The molecule has 3 nitrogen and oxygen atoms in total. The number of benzene rings is 5. The zero-order valence-corrected chi connectivity index (χ0v) is 18.7. The molecule has 35 heavy (non-hydrogen) atoms. The van der Waals surface area contributed by atoms with Crippen molar-refractivity contribution in [2.45, 2.75) is 0 Å². The van der Waals surface area contributed by atoms with Gasteiger partial charge in [-0.3, -0.25) is 0 Å². The van der Waals surface area contributed by atoms with Crippen LogP contribution in [0.3, 0.4) is 0 Å². The second-order valence-electron chi connectivity index (χ2n) is 8.60. The van der Waals surface area contributed by atoms with Crippen LogP contribution in [-0.2, 0) is 0 Å². The maximum absolute atomic E-state index is 14.0. The standard InChI is InChI=1S/C31H19FN2O/c32-26-10-6-11-27-30(26)35-31(33-27)21-15-13-20(14-16-21)22-17-18-29-25(19-22)24-9-4-5-12-28(24)34(29)23-7-2-1-3-8-23/h1-19H. The maximum atomic E-state index is 14.0. The van der Waals surface area contributed by atoms with Gasteiger partial charge in [-0.15, -0.1) is 0 Å². The van der Waals surface area contributed by atoms with Crippen molar-refractivity contribution in [2.75, 3.05) is 0 Å². The van der Waals surface area contributed by atoms with Gasteiger partial charge in [0.2, 0.25) is 5.89 Å². The van der Waals surface area contributed by atoms with Crippen LogP contribution in [-0.4, -0.2) is 9.55 Å². The van der Waals surface area contributed by atoms with Gasteiger partial charge in [-0.05, 0) is 65.7 Å². The van der Waals surface area contributed by atoms with Gasteiger partial charge in [0.1, 0.15) is 5.52 Å². The summed E-state index contributed by atoms with van der Waals surface area (Å²) in [4.78, 5) is 4.44. The molecule has 0 radical (unpaired) electrons. The van der Waals surface area contributed by atoms with Crippen molar-refractivity contribution < 1.29 is 8.81 Å². The lowest BCUT2D eigenvalue weighted by Crippen LogP contribution is -1.92. The van der Waals surface area contributed by atoms with Crippen molar-refractivity contribution >= 4 is 32.9 Å². The molecule has 0 spiro atoms. The quantitative estimate of drug-likeness (QED) is 0.268. The smallest absolute Gasteiger partial charge is 0.227 e. The van der Waals surface area contributed by atoms with E-state index in [4.69, 9.17) is 4.42 Å². The third kappa shape index (κ3) is 3.15. The molecule has 166 valence electrons. The first-order valence-corrected chi connectivity index (χ1v) is 11.5. The first-order chi connectivity index (χ1) is 17.3. The Morgan fingerprint density at radius 2 is 1.31 bits per heavy atom. The molecule has 0 fully saturated rings. The van der Waals surface area contributed by atoms with Gasteiger partial charge in [0.15, 0.2) is 11.4 Å². The van der Waals surface area contributed by atoms with Crippen molar-refractivity contribution in [3.8, 4) is 28.3 Å². The van der Waals surface area contributed by atoms with Gasteiger partial charge in [0.25, 0.3) is 0 Å². The average molecular weight is 455 g/mol. The summed E-state index contributed by atoms with van der Waals surface area (Å²) in [5.41, 5.74) is 7.24. The van der Waals surface area contributed by atoms with Gasteiger partial charge < -0.3 is 8.98 Å². The molecular weight excluding hydrogens is 435 g/mol. The zero-order chi connectivity index (χ0) is 23.4. The van der Waals surface area contributed by atoms with Gasteiger partial charge in [0, 0.05) is 22.0 Å². The van der Waals surface area contributed by atoms with E-state index in [-0.39, 0.29) is 5.58 Å². The first-order valence-electron chi connectivity index (χ1n) is 11.5. The van der Waals surface area contributed by atoms with Crippen LogP contribution in [0.2, 0.25) is 0 Å². The zero-order valence-electron chi connectivity index (χ0n) is 18.7. The van der Waals surface area contributed by atoms with E-state index in [1.165, 1.54) is 27.9 Å². The molecule has 2 aromatic heterocycles. The van der Waals surface area contributed by atoms with E-state index in [0.29, 0.717) is 11.4 Å². The molecule has 2 heterocycles. The summed E-state index contributed by atoms with van der Waals surface area (Å²) in [6, 6.07) is 38.4. The molecule has 0 saturated carbocycles. The lowest BCUT2D eigenvalue weighted by molar-refractivity contribution is 0.564. The highest BCUT2D eigenvalue weighted by atomic mass is 19.1. The van der Waals surface area contributed by atoms with Crippen LogP contribution < -0.4 is 0 Å². The molecule has 5 aromatic carbocycles. The molecule has 7 aromatic rings. The highest BCUT2D eigenvalue weighted by molar-refractivity contribution is 6.10. The van der Waals surface area contributed by atoms with Crippen LogP contribution in [0.5, 0.6) is 0 Å². The molecule has 0 unspecified atom stereocenters. The van der Waals surface area contributed by atoms with E-state index in [9.17, 15) is 4.39 Å². The van der Waals surface area contributed by atoms with Gasteiger partial charge in [-0.1, -0.05) is 60.7 Å². The van der Waals surface area contributed by atoms with E-state index in [2.05, 4.69) is 88.4 Å². The minimum Gasteiger partial charge on any atom is -0.433 e. The van der Waals surface area contributed by atoms with Crippen LogP contribution in [0, 0.1) is 5.82 Å². The van der Waals surface area contributed by atoms with Gasteiger partial charge >= 0.3 is 0 Å². The van der Waals surface area contributed by atoms with Gasteiger partial charge in [-0.25, -0.2) is 9.37 Å². The summed E-state index contributed by atoms with van der Waals surface area (Å²) in [6.07, 6.45) is 0. The number of rotatable bonds is 3. The first kappa shape index (κ1) is 19.7. The second kappa shape index (κ2) is 7.67. The van der Waals surface area contributed by atoms with Crippen LogP contribution >= 0.6 is 0 Å². The average Bonchev–Trinajstić information content (AvgIpc) is 3.50. The Bertz CT molecular complexity index is 1850. The fourth-order valence-corrected chi connectivity index (χ4v) is 4.85. The molecule has 0 aliphatic rings. The van der Waals surface area contributed by atoms with E-state index in [1.54, 1.807) is 12.1 Å². The summed E-state index contributed by atoms with van der Waals surface area (Å²) in [5.74, 6) is 0.0128. The van der Waals surface area contributed by atoms with Crippen molar-refractivity contribution in [3.05, 3.63) is 121 Å². The number of hydrogen-bond donors (Lipinski definition) is 0. The summed E-state index contributed by atoms with van der Waals surface area (Å²) >= 11 is 0. The summed E-state index contributed by atoms with van der Waals surface area (Å²) < 4.78 is 22.0. The number of fused-ring (bicyclic) bond motifs is 4. The number of nitrogens with zero attached hydrogens (tertiary/aromatic N) is 2. The van der Waals surface area contributed by atoms with Crippen LogP contribution in [0.15, 0.2) is 120 Å². The Morgan fingerprint density at radius 1 is 0.600 bits per heavy atom. The molecule has 0 aliphatic carbocycles. The molecule has 0 bridgehead atoms. The minimum atomic E-state index is -0.402. The molecular formula is C31H19FN2O. The Kier molecular flexibility index (Phi) is 4.33. The Labute approximate surface area is 200 Å². The molecule has 0 aliphatic heterocycles. The fourth-order valence-electron chi connectivity index (χ4n) is 4.85. The predicted octanol–water partition coefficient (Wildman–Crippen LogP) is 8.40. The van der Waals surface area contributed by atoms with Crippen molar-refractivity contribution in [3.63, 3.8) is 0 Å². The van der Waals surface area contributed by atoms with Crippen molar-refractivity contribution in [1.29, 1.82) is 0 Å². The van der Waals surface area contributed by atoms with Crippen LogP contribution in [0.1, 0.15) is 0 Å². The molecule has 4 heteroatoms. The Balaban J connectivity index is 1.33. The monoisotopic (exact) mass is 454 g/mol. The van der Waals surface area contributed by atoms with E-state index in [1.807, 2.05) is 18.2 Å². The molecule has 0 amide bonds. The number of halogens is 1. The fraction of sp³-hybridized carbons (Fsp3) is 0. The van der Waals surface area contributed by atoms with Crippen LogP contribution in [0.4, 0.5) is 4.39 Å². The minimum absolute atomic E-state index is 0.187. The lowest BCUT2D eigenvalue weighted by atomic mass is 10.0. The predicted molar refractivity (Wildman–Crippen MR) is 139 cm³/mol. The van der Waals surface area contributed by atoms with E-state index in [0.717, 1.165) is 22.4 Å². The molecule has 0 saturated heterocycles. The van der Waals surface area contributed by atoms with E-state index < -0.39 is 5.82 Å². The second-order valence-corrected chi connectivity index (χ2v) is 8.60. The molecule has 0 atom stereocenters. The number of aromatic nitrogens is 2. The third-order valence-electron chi connectivity index (χ3n) is 6.52. The number of para-hydroxylation sites is 3. The highest BCUT2D eigenvalue weighted by Crippen LogP contribution is 2.35. The SMILES string of the molecule is Fc1cccc2nc(-c3ccc(-c4ccc5c(c4)c4ccccc4n5-c4ccccc4)cc3)oc12.